The lowest BCUT2D eigenvalue weighted by Crippen LogP contribution is -2.43. The van der Waals surface area contributed by atoms with E-state index in [1.54, 1.807) is 0 Å². The van der Waals surface area contributed by atoms with Crippen molar-refractivity contribution in [2.45, 2.75) is 63.5 Å². The maximum absolute atomic E-state index is 12.5. The molecule has 2 aliphatic carbocycles. The predicted octanol–water partition coefficient (Wildman–Crippen LogP) is 1.89. The highest BCUT2D eigenvalue weighted by Gasteiger charge is 2.44. The van der Waals surface area contributed by atoms with Crippen molar-refractivity contribution in [2.24, 2.45) is 11.8 Å². The van der Waals surface area contributed by atoms with E-state index >= 15 is 0 Å². The van der Waals surface area contributed by atoms with Crippen molar-refractivity contribution in [3.05, 3.63) is 28.4 Å². The van der Waals surface area contributed by atoms with Crippen LogP contribution < -0.4 is 10.9 Å². The number of nitrogens with zero attached hydrogens (tertiary/aromatic N) is 2. The Morgan fingerprint density at radius 1 is 1.19 bits per heavy atom. The topological polar surface area (TPSA) is 78.1 Å². The summed E-state index contributed by atoms with van der Waals surface area (Å²) in [6.45, 7) is 2.11. The fourth-order valence-electron chi connectivity index (χ4n) is 4.69. The molecule has 0 unspecified atom stereocenters. The lowest BCUT2D eigenvalue weighted by atomic mass is 9.94. The van der Waals surface area contributed by atoms with E-state index in [-0.39, 0.29) is 36.3 Å². The van der Waals surface area contributed by atoms with E-state index in [9.17, 15) is 9.59 Å². The molecule has 1 aromatic heterocycles. The molecule has 1 saturated heterocycles. The minimum absolute atomic E-state index is 0. The molecule has 6 nitrogen and oxygen atoms in total. The zero-order valence-electron chi connectivity index (χ0n) is 15.2. The Labute approximate surface area is 160 Å². The maximum atomic E-state index is 12.5. The summed E-state index contributed by atoms with van der Waals surface area (Å²) in [5, 5.41) is 3.23. The number of likely N-dealkylation sites (tertiary alicyclic amines) is 1. The zero-order valence-corrected chi connectivity index (χ0v) is 16.0. The van der Waals surface area contributed by atoms with Crippen LogP contribution in [0.15, 0.2) is 17.3 Å². The average Bonchev–Trinajstić information content (AvgIpc) is 3.39. The van der Waals surface area contributed by atoms with Crippen molar-refractivity contribution in [1.82, 2.24) is 20.2 Å². The highest BCUT2D eigenvalue weighted by molar-refractivity contribution is 5.85. The van der Waals surface area contributed by atoms with Crippen LogP contribution in [0.5, 0.6) is 0 Å². The number of carbonyl (C=O) groups is 1. The smallest absolute Gasteiger partial charge is 0.254 e. The lowest BCUT2D eigenvalue weighted by molar-refractivity contribution is -0.121. The van der Waals surface area contributed by atoms with Gasteiger partial charge >= 0.3 is 0 Å². The van der Waals surface area contributed by atoms with Crippen LogP contribution in [-0.2, 0) is 11.2 Å². The molecule has 0 bridgehead atoms. The predicted molar refractivity (Wildman–Crippen MR) is 102 cm³/mol. The number of nitrogens with one attached hydrogen (secondary N) is 2. The maximum Gasteiger partial charge on any atom is 0.254 e. The van der Waals surface area contributed by atoms with Crippen molar-refractivity contribution < 1.29 is 4.79 Å². The Balaban J connectivity index is 0.00000196. The Morgan fingerprint density at radius 3 is 2.65 bits per heavy atom. The first-order chi connectivity index (χ1) is 12.2. The highest BCUT2D eigenvalue weighted by atomic mass is 35.5. The molecule has 0 spiro atoms. The monoisotopic (exact) mass is 380 g/mol. The standard InChI is InChI=1S/C19H28N4O2.ClH/c24-18(8-14-9-20-12-21-19(14)25)22-17-11-23(10-16(17)13-6-7-13)15-4-2-1-3-5-15;/h9,12-13,15-17H,1-8,10-11H2,(H,22,24)(H,20,21,25);1H/t16-,17+;/m1./s1. The lowest BCUT2D eigenvalue weighted by Gasteiger charge is -2.31. The minimum atomic E-state index is -0.223. The zero-order chi connectivity index (χ0) is 17.2. The Kier molecular flexibility index (Phi) is 6.35. The molecule has 7 heteroatoms. The van der Waals surface area contributed by atoms with Gasteiger partial charge in [0, 0.05) is 36.9 Å². The number of aromatic amines is 1. The fraction of sp³-hybridized carbons (Fsp3) is 0.737. The molecule has 1 amide bonds. The molecule has 4 rings (SSSR count). The average molecular weight is 381 g/mol. The molecule has 2 atom stereocenters. The van der Waals surface area contributed by atoms with Gasteiger partial charge in [-0.3, -0.25) is 14.5 Å². The summed E-state index contributed by atoms with van der Waals surface area (Å²) in [4.78, 5) is 33.3. The Morgan fingerprint density at radius 2 is 1.96 bits per heavy atom. The molecule has 144 valence electrons. The van der Waals surface area contributed by atoms with Crippen molar-refractivity contribution in [1.29, 1.82) is 0 Å². The first-order valence-electron chi connectivity index (χ1n) is 9.75. The van der Waals surface area contributed by atoms with Crippen LogP contribution in [0.4, 0.5) is 0 Å². The summed E-state index contributed by atoms with van der Waals surface area (Å²) >= 11 is 0. The molecule has 1 aliphatic heterocycles. The molecule has 2 N–H and O–H groups in total. The van der Waals surface area contributed by atoms with Crippen molar-refractivity contribution in [3.63, 3.8) is 0 Å². The van der Waals surface area contributed by atoms with Crippen molar-refractivity contribution >= 4 is 18.3 Å². The van der Waals surface area contributed by atoms with Gasteiger partial charge in [-0.15, -0.1) is 12.4 Å². The van der Waals surface area contributed by atoms with Gasteiger partial charge in [-0.05, 0) is 37.5 Å². The van der Waals surface area contributed by atoms with Crippen LogP contribution in [0.3, 0.4) is 0 Å². The number of amides is 1. The number of H-pyrrole nitrogens is 1. The normalized spacial score (nSPS) is 27.1. The van der Waals surface area contributed by atoms with Gasteiger partial charge in [-0.2, -0.15) is 0 Å². The van der Waals surface area contributed by atoms with Crippen LogP contribution in [0.1, 0.15) is 50.5 Å². The summed E-state index contributed by atoms with van der Waals surface area (Å²) in [5.41, 5.74) is 0.212. The number of rotatable bonds is 5. The highest BCUT2D eigenvalue weighted by Crippen LogP contribution is 2.42. The summed E-state index contributed by atoms with van der Waals surface area (Å²) in [7, 11) is 0. The second kappa shape index (κ2) is 8.53. The summed E-state index contributed by atoms with van der Waals surface area (Å²) in [6, 6.07) is 0.941. The van der Waals surface area contributed by atoms with Crippen LogP contribution in [0.2, 0.25) is 0 Å². The van der Waals surface area contributed by atoms with Gasteiger partial charge in [0.15, 0.2) is 0 Å². The third-order valence-electron chi connectivity index (χ3n) is 6.20. The van der Waals surface area contributed by atoms with E-state index in [1.807, 2.05) is 0 Å². The molecule has 3 aliphatic rings. The van der Waals surface area contributed by atoms with Gasteiger partial charge in [-0.25, -0.2) is 4.98 Å². The van der Waals surface area contributed by atoms with Gasteiger partial charge in [-0.1, -0.05) is 19.3 Å². The van der Waals surface area contributed by atoms with Crippen LogP contribution >= 0.6 is 12.4 Å². The van der Waals surface area contributed by atoms with E-state index in [1.165, 1.54) is 57.5 Å². The number of carbonyl (C=O) groups excluding carboxylic acids is 1. The van der Waals surface area contributed by atoms with E-state index in [2.05, 4.69) is 20.2 Å². The van der Waals surface area contributed by atoms with Gasteiger partial charge in [0.05, 0.1) is 12.7 Å². The summed E-state index contributed by atoms with van der Waals surface area (Å²) in [5.74, 6) is 1.30. The third kappa shape index (κ3) is 4.46. The van der Waals surface area contributed by atoms with Crippen LogP contribution in [0.25, 0.3) is 0 Å². The molecular weight excluding hydrogens is 352 g/mol. The molecule has 2 saturated carbocycles. The van der Waals surface area contributed by atoms with E-state index in [0.29, 0.717) is 17.5 Å². The van der Waals surface area contributed by atoms with Crippen molar-refractivity contribution in [2.75, 3.05) is 13.1 Å². The number of halogens is 1. The second-order valence-electron chi connectivity index (χ2n) is 8.00. The van der Waals surface area contributed by atoms with E-state index in [4.69, 9.17) is 0 Å². The number of hydrogen-bond donors (Lipinski definition) is 2. The Bertz CT molecular complexity index is 670. The van der Waals surface area contributed by atoms with Gasteiger partial charge in [0.25, 0.3) is 5.56 Å². The molecule has 2 heterocycles. The first-order valence-corrected chi connectivity index (χ1v) is 9.75. The van der Waals surface area contributed by atoms with Gasteiger partial charge < -0.3 is 10.3 Å². The molecule has 3 fully saturated rings. The molecule has 1 aromatic rings. The van der Waals surface area contributed by atoms with Gasteiger partial charge in [0.1, 0.15) is 0 Å². The summed E-state index contributed by atoms with van der Waals surface area (Å²) < 4.78 is 0. The SMILES string of the molecule is Cl.O=C(Cc1cnc[nH]c1=O)N[C@H]1CN(C2CCCCC2)C[C@@H]1C1CC1. The number of aromatic nitrogens is 2. The molecule has 0 radical (unpaired) electrons. The summed E-state index contributed by atoms with van der Waals surface area (Å²) in [6.07, 6.45) is 12.2. The second-order valence-corrected chi connectivity index (χ2v) is 8.00. The largest absolute Gasteiger partial charge is 0.351 e. The number of hydrogen-bond acceptors (Lipinski definition) is 4. The minimum Gasteiger partial charge on any atom is -0.351 e. The Hall–Kier alpha value is -1.40. The van der Waals surface area contributed by atoms with Crippen LogP contribution in [0, 0.1) is 11.8 Å². The molecular formula is C19H29ClN4O2. The van der Waals surface area contributed by atoms with Crippen molar-refractivity contribution in [3.8, 4) is 0 Å². The van der Waals surface area contributed by atoms with E-state index in [0.717, 1.165) is 19.0 Å². The third-order valence-corrected chi connectivity index (χ3v) is 6.20. The quantitative estimate of drug-likeness (QED) is 0.817. The van der Waals surface area contributed by atoms with Gasteiger partial charge in [0.2, 0.25) is 5.91 Å². The van der Waals surface area contributed by atoms with Crippen LogP contribution in [-0.4, -0.2) is 45.9 Å². The fourth-order valence-corrected chi connectivity index (χ4v) is 4.69. The first kappa shape index (κ1) is 19.4. The molecule has 0 aromatic carbocycles. The van der Waals surface area contributed by atoms with E-state index < -0.39 is 0 Å². The molecule has 26 heavy (non-hydrogen) atoms.